The predicted octanol–water partition coefficient (Wildman–Crippen LogP) is 2.89. The Morgan fingerprint density at radius 3 is 2.80 bits per heavy atom. The second kappa shape index (κ2) is 5.43. The van der Waals surface area contributed by atoms with E-state index in [0.29, 0.717) is 11.4 Å². The van der Waals surface area contributed by atoms with Crippen LogP contribution in [0.4, 0.5) is 5.82 Å². The first-order valence-corrected chi connectivity index (χ1v) is 7.70. The summed E-state index contributed by atoms with van der Waals surface area (Å²) >= 11 is 0. The monoisotopic (exact) mass is 274 g/mol. The Labute approximate surface area is 119 Å². The van der Waals surface area contributed by atoms with E-state index in [1.54, 1.807) is 0 Å². The molecule has 0 unspecified atom stereocenters. The fourth-order valence-corrected chi connectivity index (χ4v) is 3.41. The molecule has 0 aromatic carbocycles. The van der Waals surface area contributed by atoms with Crippen molar-refractivity contribution in [2.24, 2.45) is 5.92 Å². The first-order valence-electron chi connectivity index (χ1n) is 7.70. The molecule has 20 heavy (non-hydrogen) atoms. The molecule has 4 nitrogen and oxygen atoms in total. The number of carboxylic acids is 1. The zero-order valence-corrected chi connectivity index (χ0v) is 12.1. The Balaban J connectivity index is 1.90. The Bertz CT molecular complexity index is 519. The first-order chi connectivity index (χ1) is 9.69. The highest BCUT2D eigenvalue weighted by Gasteiger charge is 2.26. The third-order valence-corrected chi connectivity index (χ3v) is 4.75. The normalized spacial score (nSPS) is 19.1. The van der Waals surface area contributed by atoms with Gasteiger partial charge in [-0.05, 0) is 49.7 Å². The summed E-state index contributed by atoms with van der Waals surface area (Å²) in [5, 5.41) is 9.46. The van der Waals surface area contributed by atoms with Gasteiger partial charge < -0.3 is 10.0 Å². The van der Waals surface area contributed by atoms with Crippen molar-refractivity contribution in [2.75, 3.05) is 18.0 Å². The van der Waals surface area contributed by atoms with Crippen LogP contribution in [0, 0.1) is 5.92 Å². The quantitative estimate of drug-likeness (QED) is 0.920. The van der Waals surface area contributed by atoms with Crippen LogP contribution in [0.5, 0.6) is 0 Å². The second-order valence-corrected chi connectivity index (χ2v) is 5.96. The lowest BCUT2D eigenvalue weighted by Crippen LogP contribution is -2.35. The Morgan fingerprint density at radius 1 is 1.40 bits per heavy atom. The van der Waals surface area contributed by atoms with E-state index in [2.05, 4.69) is 11.8 Å². The highest BCUT2D eigenvalue weighted by molar-refractivity contribution is 5.93. The number of piperidine rings is 1. The molecule has 1 N–H and O–H groups in total. The SMILES string of the molecule is CCC1CCN(c2nc3c(cc2C(=O)O)CCC3)CC1. The molecule has 1 aromatic rings. The lowest BCUT2D eigenvalue weighted by molar-refractivity contribution is 0.0697. The van der Waals surface area contributed by atoms with Gasteiger partial charge in [0.05, 0.1) is 0 Å². The summed E-state index contributed by atoms with van der Waals surface area (Å²) in [5.41, 5.74) is 2.64. The first kappa shape index (κ1) is 13.4. The molecule has 1 aliphatic heterocycles. The number of hydrogen-bond acceptors (Lipinski definition) is 3. The molecule has 2 heterocycles. The van der Waals surface area contributed by atoms with Gasteiger partial charge in [-0.1, -0.05) is 13.3 Å². The number of carboxylic acid groups (broad SMARTS) is 1. The van der Waals surface area contributed by atoms with Crippen LogP contribution in [0.25, 0.3) is 0 Å². The fraction of sp³-hybridized carbons (Fsp3) is 0.625. The van der Waals surface area contributed by atoms with E-state index in [0.717, 1.165) is 62.4 Å². The van der Waals surface area contributed by atoms with Gasteiger partial charge in [0.2, 0.25) is 0 Å². The Morgan fingerprint density at radius 2 is 2.15 bits per heavy atom. The highest BCUT2D eigenvalue weighted by Crippen LogP contribution is 2.30. The van der Waals surface area contributed by atoms with Crippen molar-refractivity contribution in [3.05, 3.63) is 22.9 Å². The van der Waals surface area contributed by atoms with Gasteiger partial charge in [0.25, 0.3) is 0 Å². The average molecular weight is 274 g/mol. The van der Waals surface area contributed by atoms with Crippen molar-refractivity contribution in [1.82, 2.24) is 4.98 Å². The van der Waals surface area contributed by atoms with Gasteiger partial charge in [-0.25, -0.2) is 9.78 Å². The number of aromatic carboxylic acids is 1. The number of pyridine rings is 1. The summed E-state index contributed by atoms with van der Waals surface area (Å²) in [5.74, 6) is 0.640. The number of fused-ring (bicyclic) bond motifs is 1. The molecule has 1 aromatic heterocycles. The van der Waals surface area contributed by atoms with E-state index in [-0.39, 0.29) is 0 Å². The molecule has 1 aliphatic carbocycles. The van der Waals surface area contributed by atoms with Crippen LogP contribution in [0.2, 0.25) is 0 Å². The van der Waals surface area contributed by atoms with Crippen molar-refractivity contribution < 1.29 is 9.90 Å². The number of hydrogen-bond donors (Lipinski definition) is 1. The molecule has 0 bridgehead atoms. The van der Waals surface area contributed by atoms with Crippen LogP contribution in [0.15, 0.2) is 6.07 Å². The van der Waals surface area contributed by atoms with Gasteiger partial charge in [0.1, 0.15) is 11.4 Å². The lowest BCUT2D eigenvalue weighted by atomic mass is 9.94. The molecule has 0 radical (unpaired) electrons. The van der Waals surface area contributed by atoms with Crippen molar-refractivity contribution >= 4 is 11.8 Å². The van der Waals surface area contributed by atoms with Gasteiger partial charge in [-0.2, -0.15) is 0 Å². The largest absolute Gasteiger partial charge is 0.478 e. The highest BCUT2D eigenvalue weighted by atomic mass is 16.4. The van der Waals surface area contributed by atoms with Crippen LogP contribution in [-0.4, -0.2) is 29.1 Å². The number of nitrogens with zero attached hydrogens (tertiary/aromatic N) is 2. The number of aromatic nitrogens is 1. The molecule has 2 aliphatic rings. The topological polar surface area (TPSA) is 53.4 Å². The Kier molecular flexibility index (Phi) is 3.64. The number of anilines is 1. The third kappa shape index (κ3) is 2.39. The zero-order chi connectivity index (χ0) is 14.1. The van der Waals surface area contributed by atoms with E-state index in [1.807, 2.05) is 6.07 Å². The molecular formula is C16H22N2O2. The van der Waals surface area contributed by atoms with Crippen LogP contribution < -0.4 is 4.90 Å². The predicted molar refractivity (Wildman–Crippen MR) is 78.4 cm³/mol. The van der Waals surface area contributed by atoms with Gasteiger partial charge in [-0.15, -0.1) is 0 Å². The Hall–Kier alpha value is -1.58. The zero-order valence-electron chi connectivity index (χ0n) is 12.1. The molecule has 0 atom stereocenters. The van der Waals surface area contributed by atoms with Crippen LogP contribution >= 0.6 is 0 Å². The van der Waals surface area contributed by atoms with Crippen molar-refractivity contribution in [1.29, 1.82) is 0 Å². The van der Waals surface area contributed by atoms with Crippen LogP contribution in [0.1, 0.15) is 54.2 Å². The van der Waals surface area contributed by atoms with Gasteiger partial charge >= 0.3 is 5.97 Å². The molecule has 3 rings (SSSR count). The minimum atomic E-state index is -0.847. The third-order valence-electron chi connectivity index (χ3n) is 4.75. The molecule has 0 saturated carbocycles. The van der Waals surface area contributed by atoms with E-state index < -0.39 is 5.97 Å². The summed E-state index contributed by atoms with van der Waals surface area (Å²) in [4.78, 5) is 18.4. The van der Waals surface area contributed by atoms with Gasteiger partial charge in [-0.3, -0.25) is 0 Å². The van der Waals surface area contributed by atoms with Gasteiger partial charge in [0, 0.05) is 18.8 Å². The molecular weight excluding hydrogens is 252 g/mol. The van der Waals surface area contributed by atoms with Crippen molar-refractivity contribution in [2.45, 2.75) is 45.4 Å². The second-order valence-electron chi connectivity index (χ2n) is 5.96. The van der Waals surface area contributed by atoms with E-state index in [4.69, 9.17) is 4.98 Å². The number of carbonyl (C=O) groups is 1. The molecule has 1 saturated heterocycles. The van der Waals surface area contributed by atoms with Crippen molar-refractivity contribution in [3.63, 3.8) is 0 Å². The summed E-state index contributed by atoms with van der Waals surface area (Å²) in [6, 6.07) is 1.86. The number of rotatable bonds is 3. The van der Waals surface area contributed by atoms with Crippen molar-refractivity contribution in [3.8, 4) is 0 Å². The summed E-state index contributed by atoms with van der Waals surface area (Å²) in [7, 11) is 0. The molecule has 0 amide bonds. The summed E-state index contributed by atoms with van der Waals surface area (Å²) in [6.07, 6.45) is 6.58. The van der Waals surface area contributed by atoms with Gasteiger partial charge in [0.15, 0.2) is 0 Å². The maximum absolute atomic E-state index is 11.5. The summed E-state index contributed by atoms with van der Waals surface area (Å²) < 4.78 is 0. The summed E-state index contributed by atoms with van der Waals surface area (Å²) in [6.45, 7) is 4.10. The molecule has 1 fully saturated rings. The molecule has 4 heteroatoms. The number of aryl methyl sites for hydroxylation is 2. The smallest absolute Gasteiger partial charge is 0.339 e. The van der Waals surface area contributed by atoms with E-state index >= 15 is 0 Å². The minimum Gasteiger partial charge on any atom is -0.478 e. The standard InChI is InChI=1S/C16H22N2O2/c1-2-11-6-8-18(9-7-11)15-13(16(19)20)10-12-4-3-5-14(12)17-15/h10-11H,2-9H2,1H3,(H,19,20). The maximum Gasteiger partial charge on any atom is 0.339 e. The van der Waals surface area contributed by atoms with Crippen LogP contribution in [-0.2, 0) is 12.8 Å². The minimum absolute atomic E-state index is 0.389. The van der Waals surface area contributed by atoms with Crippen LogP contribution in [0.3, 0.4) is 0 Å². The maximum atomic E-state index is 11.5. The molecule has 0 spiro atoms. The van der Waals surface area contributed by atoms with E-state index in [1.165, 1.54) is 6.42 Å². The fourth-order valence-electron chi connectivity index (χ4n) is 3.41. The van der Waals surface area contributed by atoms with E-state index in [9.17, 15) is 9.90 Å². The molecule has 108 valence electrons. The average Bonchev–Trinajstić information content (AvgIpc) is 2.93. The lowest BCUT2D eigenvalue weighted by Gasteiger charge is -2.33.